The van der Waals surface area contributed by atoms with Crippen molar-refractivity contribution in [3.63, 3.8) is 0 Å². The van der Waals surface area contributed by atoms with E-state index in [4.69, 9.17) is 9.72 Å². The van der Waals surface area contributed by atoms with Gasteiger partial charge in [-0.2, -0.15) is 0 Å². The Kier molecular flexibility index (Phi) is 7.00. The van der Waals surface area contributed by atoms with Gasteiger partial charge >= 0.3 is 6.09 Å². The molecule has 9 nitrogen and oxygen atoms in total. The van der Waals surface area contributed by atoms with Gasteiger partial charge in [-0.3, -0.25) is 14.7 Å². The van der Waals surface area contributed by atoms with E-state index in [0.717, 1.165) is 33.4 Å². The Morgan fingerprint density at radius 1 is 0.929 bits per heavy atom. The van der Waals surface area contributed by atoms with Crippen LogP contribution in [-0.4, -0.2) is 35.6 Å². The van der Waals surface area contributed by atoms with Crippen LogP contribution < -0.4 is 10.5 Å². The van der Waals surface area contributed by atoms with Crippen molar-refractivity contribution in [2.24, 2.45) is 0 Å². The summed E-state index contributed by atoms with van der Waals surface area (Å²) in [5, 5.41) is 1.42. The Hall–Kier alpha value is -5.31. The minimum Gasteiger partial charge on any atom is -0.443 e. The summed E-state index contributed by atoms with van der Waals surface area (Å²) in [5.41, 5.74) is 3.49. The van der Waals surface area contributed by atoms with E-state index in [1.54, 1.807) is 41.5 Å². The van der Waals surface area contributed by atoms with Gasteiger partial charge in [0.25, 0.3) is 5.56 Å². The summed E-state index contributed by atoms with van der Waals surface area (Å²) >= 11 is 0. The first kappa shape index (κ1) is 26.9. The normalized spacial score (nSPS) is 11.6. The fraction of sp³-hybridized carbons (Fsp3) is 0.182. The zero-order chi connectivity index (χ0) is 29.3. The molecule has 6 rings (SSSR count). The minimum absolute atomic E-state index is 0.126. The van der Waals surface area contributed by atoms with Crippen LogP contribution in [0.1, 0.15) is 32.0 Å². The Morgan fingerprint density at radius 3 is 2.50 bits per heavy atom. The largest absolute Gasteiger partial charge is 0.443 e. The minimum atomic E-state index is -0.645. The lowest BCUT2D eigenvalue weighted by molar-refractivity contribution is 0.0576. The van der Waals surface area contributed by atoms with Gasteiger partial charge in [-0.25, -0.2) is 14.8 Å². The van der Waals surface area contributed by atoms with Gasteiger partial charge in [0.1, 0.15) is 17.1 Å². The van der Waals surface area contributed by atoms with Gasteiger partial charge in [-0.1, -0.05) is 42.5 Å². The second kappa shape index (κ2) is 10.9. The second-order valence-electron chi connectivity index (χ2n) is 11.1. The molecule has 0 fully saturated rings. The Balaban J connectivity index is 1.27. The molecule has 5 heterocycles. The number of pyridine rings is 4. The first-order valence-corrected chi connectivity index (χ1v) is 13.7. The number of benzene rings is 1. The maximum atomic E-state index is 13.4. The highest BCUT2D eigenvalue weighted by Crippen LogP contribution is 2.26. The number of hydrogen-bond donors (Lipinski definition) is 0. The smallest absolute Gasteiger partial charge is 0.416 e. The molecule has 0 saturated heterocycles. The van der Waals surface area contributed by atoms with Crippen LogP contribution in [0.3, 0.4) is 0 Å². The molecule has 0 N–H and O–H groups in total. The monoisotopic (exact) mass is 558 g/mol. The van der Waals surface area contributed by atoms with Gasteiger partial charge in [0.15, 0.2) is 0 Å². The van der Waals surface area contributed by atoms with Crippen LogP contribution in [-0.2, 0) is 17.8 Å². The number of fused-ring (bicyclic) bond motifs is 2. The number of carbonyl (C=O) groups excluding carboxylic acids is 1. The van der Waals surface area contributed by atoms with Crippen molar-refractivity contribution >= 4 is 28.3 Å². The third-order valence-corrected chi connectivity index (χ3v) is 6.76. The standard InChI is InChI=1S/C33H30N6O3/c1-33(2,3)42-32(41)39(29-11-7-8-15-35-29)20-23-12-13-30-36-25(22-38(30)19-23)21-37-16-14-26-27(24-9-5-4-6-10-24)17-34-18-28(26)31(37)40/h4-19,22H,20-21H2,1-3H3. The highest BCUT2D eigenvalue weighted by atomic mass is 16.6. The molecule has 0 aliphatic heterocycles. The van der Waals surface area contributed by atoms with Gasteiger partial charge in [-0.15, -0.1) is 0 Å². The number of nitrogens with zero attached hydrogens (tertiary/aromatic N) is 6. The quantitative estimate of drug-likeness (QED) is 0.245. The van der Waals surface area contributed by atoms with E-state index in [0.29, 0.717) is 17.7 Å². The molecule has 0 aliphatic rings. The summed E-state index contributed by atoms with van der Waals surface area (Å²) in [6.07, 6.45) is 10.2. The summed E-state index contributed by atoms with van der Waals surface area (Å²) in [6.45, 7) is 6.07. The number of amides is 1. The van der Waals surface area contributed by atoms with Crippen molar-refractivity contribution in [1.82, 2.24) is 23.9 Å². The molecule has 0 atom stereocenters. The van der Waals surface area contributed by atoms with Crippen LogP contribution in [0.2, 0.25) is 0 Å². The molecule has 1 amide bonds. The SMILES string of the molecule is CC(C)(C)OC(=O)N(Cc1ccc2nc(Cn3ccc4c(-c5ccccc5)cncc4c3=O)cn2c1)c1ccccn1. The van der Waals surface area contributed by atoms with E-state index in [2.05, 4.69) is 9.97 Å². The fourth-order valence-electron chi connectivity index (χ4n) is 4.87. The molecular weight excluding hydrogens is 528 g/mol. The van der Waals surface area contributed by atoms with Gasteiger partial charge in [0.2, 0.25) is 0 Å². The summed E-state index contributed by atoms with van der Waals surface area (Å²) in [4.78, 5) is 41.5. The third kappa shape index (κ3) is 5.62. The van der Waals surface area contributed by atoms with Crippen molar-refractivity contribution in [1.29, 1.82) is 0 Å². The highest BCUT2D eigenvalue weighted by Gasteiger charge is 2.24. The Morgan fingerprint density at radius 2 is 1.74 bits per heavy atom. The van der Waals surface area contributed by atoms with Crippen LogP contribution in [0.25, 0.3) is 27.5 Å². The molecule has 0 unspecified atom stereocenters. The van der Waals surface area contributed by atoms with E-state index in [9.17, 15) is 9.59 Å². The lowest BCUT2D eigenvalue weighted by Gasteiger charge is -2.26. The van der Waals surface area contributed by atoms with Gasteiger partial charge in [0, 0.05) is 42.7 Å². The molecule has 1 aromatic carbocycles. The molecule has 0 saturated carbocycles. The predicted molar refractivity (Wildman–Crippen MR) is 162 cm³/mol. The predicted octanol–water partition coefficient (Wildman–Crippen LogP) is 6.10. The third-order valence-electron chi connectivity index (χ3n) is 6.76. The number of rotatable bonds is 6. The van der Waals surface area contributed by atoms with Crippen molar-refractivity contribution in [2.75, 3.05) is 4.90 Å². The first-order valence-electron chi connectivity index (χ1n) is 13.7. The Labute approximate surface area is 242 Å². The van der Waals surface area contributed by atoms with E-state index >= 15 is 0 Å². The summed E-state index contributed by atoms with van der Waals surface area (Å²) in [6, 6.07) is 21.1. The van der Waals surface area contributed by atoms with Gasteiger partial charge in [0.05, 0.1) is 24.2 Å². The lowest BCUT2D eigenvalue weighted by atomic mass is 10.0. The number of imidazole rings is 1. The number of ether oxygens (including phenoxy) is 1. The molecule has 42 heavy (non-hydrogen) atoms. The molecule has 0 aliphatic carbocycles. The average Bonchev–Trinajstić information content (AvgIpc) is 3.39. The second-order valence-corrected chi connectivity index (χ2v) is 11.1. The fourth-order valence-corrected chi connectivity index (χ4v) is 4.87. The maximum absolute atomic E-state index is 13.4. The van der Waals surface area contributed by atoms with Crippen LogP contribution >= 0.6 is 0 Å². The molecule has 6 aromatic rings. The summed E-state index contributed by atoms with van der Waals surface area (Å²) in [5.74, 6) is 0.499. The molecular formula is C33H30N6O3. The van der Waals surface area contributed by atoms with E-state index in [1.807, 2.05) is 92.2 Å². The Bertz CT molecular complexity index is 1940. The molecule has 5 aromatic heterocycles. The van der Waals surface area contributed by atoms with Crippen molar-refractivity contribution in [3.8, 4) is 11.1 Å². The van der Waals surface area contributed by atoms with E-state index < -0.39 is 11.7 Å². The zero-order valence-electron chi connectivity index (χ0n) is 23.6. The van der Waals surface area contributed by atoms with Crippen LogP contribution in [0.4, 0.5) is 10.6 Å². The van der Waals surface area contributed by atoms with Crippen LogP contribution in [0.15, 0.2) is 109 Å². The van der Waals surface area contributed by atoms with Gasteiger partial charge < -0.3 is 13.7 Å². The molecule has 0 radical (unpaired) electrons. The maximum Gasteiger partial charge on any atom is 0.416 e. The number of carbonyl (C=O) groups is 1. The number of anilines is 1. The number of aromatic nitrogens is 5. The zero-order valence-corrected chi connectivity index (χ0v) is 23.6. The van der Waals surface area contributed by atoms with Crippen molar-refractivity contribution in [3.05, 3.63) is 126 Å². The first-order chi connectivity index (χ1) is 20.2. The summed E-state index contributed by atoms with van der Waals surface area (Å²) in [7, 11) is 0. The van der Waals surface area contributed by atoms with Crippen molar-refractivity contribution in [2.45, 2.75) is 39.5 Å². The van der Waals surface area contributed by atoms with Gasteiger partial charge in [-0.05, 0) is 61.5 Å². The lowest BCUT2D eigenvalue weighted by Crippen LogP contribution is -2.37. The summed E-state index contributed by atoms with van der Waals surface area (Å²) < 4.78 is 9.20. The molecule has 9 heteroatoms. The number of hydrogen-bond acceptors (Lipinski definition) is 6. The van der Waals surface area contributed by atoms with E-state index in [1.165, 1.54) is 4.90 Å². The molecule has 210 valence electrons. The van der Waals surface area contributed by atoms with E-state index in [-0.39, 0.29) is 12.1 Å². The molecule has 0 bridgehead atoms. The average molecular weight is 559 g/mol. The van der Waals surface area contributed by atoms with Crippen LogP contribution in [0, 0.1) is 0 Å². The highest BCUT2D eigenvalue weighted by molar-refractivity contribution is 5.95. The molecule has 0 spiro atoms. The topological polar surface area (TPSA) is 94.6 Å². The van der Waals surface area contributed by atoms with Crippen LogP contribution in [0.5, 0.6) is 0 Å². The van der Waals surface area contributed by atoms with Crippen molar-refractivity contribution < 1.29 is 9.53 Å².